The summed E-state index contributed by atoms with van der Waals surface area (Å²) in [5, 5.41) is 8.92. The first-order valence-corrected chi connectivity index (χ1v) is 9.03. The molecule has 4 heteroatoms. The van der Waals surface area contributed by atoms with Crippen molar-refractivity contribution < 1.29 is 9.18 Å². The maximum atomic E-state index is 13.5. The van der Waals surface area contributed by atoms with E-state index in [1.807, 2.05) is 18.2 Å². The molecule has 0 saturated carbocycles. The second-order valence-electron chi connectivity index (χ2n) is 6.79. The minimum Gasteiger partial charge on any atom is -0.334 e. The summed E-state index contributed by atoms with van der Waals surface area (Å²) < 4.78 is 13.5. The van der Waals surface area contributed by atoms with Gasteiger partial charge in [-0.2, -0.15) is 5.26 Å². The van der Waals surface area contributed by atoms with Crippen LogP contribution in [0.4, 0.5) is 4.39 Å². The number of hydrogen-bond donors (Lipinski definition) is 0. The average molecular weight is 352 g/mol. The highest BCUT2D eigenvalue weighted by molar-refractivity contribution is 5.76. The van der Waals surface area contributed by atoms with Crippen molar-refractivity contribution in [2.75, 3.05) is 0 Å². The van der Waals surface area contributed by atoms with Gasteiger partial charge in [0, 0.05) is 19.5 Å². The molecule has 1 atom stereocenters. The van der Waals surface area contributed by atoms with Crippen LogP contribution >= 0.6 is 0 Å². The minimum atomic E-state index is -0.298. The number of halogens is 1. The molecule has 3 nitrogen and oxygen atoms in total. The fourth-order valence-corrected chi connectivity index (χ4v) is 3.02. The first-order chi connectivity index (χ1) is 12.5. The Balaban J connectivity index is 2.16. The van der Waals surface area contributed by atoms with Gasteiger partial charge in [0.1, 0.15) is 5.82 Å². The summed E-state index contributed by atoms with van der Waals surface area (Å²) in [5.74, 6) is 0.0932. The topological polar surface area (TPSA) is 44.1 Å². The molecule has 26 heavy (non-hydrogen) atoms. The Hall–Kier alpha value is -2.67. The molecule has 0 radical (unpaired) electrons. The van der Waals surface area contributed by atoms with Crippen LogP contribution in [0.15, 0.2) is 48.5 Å². The molecule has 0 fully saturated rings. The minimum absolute atomic E-state index is 0.0690. The number of nitrogens with zero attached hydrogens (tertiary/aromatic N) is 2. The van der Waals surface area contributed by atoms with Crippen molar-refractivity contribution in [3.8, 4) is 6.07 Å². The Morgan fingerprint density at radius 2 is 1.85 bits per heavy atom. The van der Waals surface area contributed by atoms with Crippen molar-refractivity contribution in [3.05, 3.63) is 71.0 Å². The van der Waals surface area contributed by atoms with Crippen LogP contribution in [0.1, 0.15) is 49.8 Å². The van der Waals surface area contributed by atoms with E-state index < -0.39 is 0 Å². The van der Waals surface area contributed by atoms with E-state index in [9.17, 15) is 9.18 Å². The summed E-state index contributed by atoms with van der Waals surface area (Å²) in [5.41, 5.74) is 2.32. The number of benzene rings is 2. The zero-order valence-electron chi connectivity index (χ0n) is 15.4. The summed E-state index contributed by atoms with van der Waals surface area (Å²) in [6.45, 7) is 5.01. The lowest BCUT2D eigenvalue weighted by Gasteiger charge is -2.25. The number of carbonyl (C=O) groups is 1. The molecular formula is C22H25FN2O. The molecule has 1 amide bonds. The third-order valence-electron chi connectivity index (χ3n) is 4.38. The van der Waals surface area contributed by atoms with Crippen molar-refractivity contribution in [3.63, 3.8) is 0 Å². The second-order valence-corrected chi connectivity index (χ2v) is 6.79. The van der Waals surface area contributed by atoms with Crippen molar-refractivity contribution >= 4 is 5.91 Å². The Labute approximate surface area is 155 Å². The van der Waals surface area contributed by atoms with E-state index >= 15 is 0 Å². The Kier molecular flexibility index (Phi) is 7.35. The van der Waals surface area contributed by atoms with E-state index in [1.54, 1.807) is 23.1 Å². The number of hydrogen-bond acceptors (Lipinski definition) is 2. The van der Waals surface area contributed by atoms with Gasteiger partial charge >= 0.3 is 0 Å². The van der Waals surface area contributed by atoms with E-state index in [2.05, 4.69) is 19.9 Å². The molecule has 0 aliphatic heterocycles. The van der Waals surface area contributed by atoms with Crippen LogP contribution < -0.4 is 0 Å². The quantitative estimate of drug-likeness (QED) is 0.667. The highest BCUT2D eigenvalue weighted by Crippen LogP contribution is 2.17. The highest BCUT2D eigenvalue weighted by atomic mass is 19.1. The third kappa shape index (κ3) is 6.00. The maximum Gasteiger partial charge on any atom is 0.223 e. The molecule has 0 aromatic heterocycles. The summed E-state index contributed by atoms with van der Waals surface area (Å²) in [7, 11) is 0. The SMILES string of the molecule is CCCC(C)CC(=O)N(Cc1ccc(C#N)cc1)Cc1cccc(F)c1. The standard InChI is InChI=1S/C22H25FN2O/c1-3-5-17(2)12-22(26)25(16-20-6-4-7-21(23)13-20)15-19-10-8-18(14-24)9-11-19/h4,6-11,13,17H,3,5,12,15-16H2,1-2H3. The molecule has 0 saturated heterocycles. The summed E-state index contributed by atoms with van der Waals surface area (Å²) >= 11 is 0. The van der Waals surface area contributed by atoms with E-state index in [-0.39, 0.29) is 11.7 Å². The molecule has 0 spiro atoms. The van der Waals surface area contributed by atoms with Gasteiger partial charge in [-0.3, -0.25) is 4.79 Å². The molecule has 2 aromatic rings. The molecular weight excluding hydrogens is 327 g/mol. The van der Waals surface area contributed by atoms with Gasteiger partial charge in [0.2, 0.25) is 5.91 Å². The van der Waals surface area contributed by atoms with Crippen LogP contribution in [0.25, 0.3) is 0 Å². The van der Waals surface area contributed by atoms with Gasteiger partial charge in [-0.15, -0.1) is 0 Å². The molecule has 0 aliphatic rings. The number of nitriles is 1. The largest absolute Gasteiger partial charge is 0.334 e. The zero-order valence-corrected chi connectivity index (χ0v) is 15.4. The van der Waals surface area contributed by atoms with E-state index in [0.717, 1.165) is 24.0 Å². The van der Waals surface area contributed by atoms with Crippen LogP contribution in [0.3, 0.4) is 0 Å². The molecule has 2 aromatic carbocycles. The van der Waals surface area contributed by atoms with E-state index in [4.69, 9.17) is 5.26 Å². The smallest absolute Gasteiger partial charge is 0.223 e. The molecule has 2 rings (SSSR count). The number of rotatable bonds is 8. The van der Waals surface area contributed by atoms with Gasteiger partial charge in [-0.05, 0) is 41.3 Å². The van der Waals surface area contributed by atoms with Crippen molar-refractivity contribution in [2.24, 2.45) is 5.92 Å². The van der Waals surface area contributed by atoms with Crippen molar-refractivity contribution in [1.82, 2.24) is 4.90 Å². The molecule has 0 bridgehead atoms. The zero-order chi connectivity index (χ0) is 18.9. The van der Waals surface area contributed by atoms with Crippen molar-refractivity contribution in [1.29, 1.82) is 5.26 Å². The lowest BCUT2D eigenvalue weighted by atomic mass is 10.0. The Morgan fingerprint density at radius 3 is 2.46 bits per heavy atom. The molecule has 0 N–H and O–H groups in total. The van der Waals surface area contributed by atoms with Crippen LogP contribution in [0.2, 0.25) is 0 Å². The van der Waals surface area contributed by atoms with Crippen LogP contribution in [0, 0.1) is 23.1 Å². The molecule has 136 valence electrons. The molecule has 1 unspecified atom stereocenters. The average Bonchev–Trinajstić information content (AvgIpc) is 2.62. The van der Waals surface area contributed by atoms with Crippen molar-refractivity contribution in [2.45, 2.75) is 46.2 Å². The summed E-state index contributed by atoms with van der Waals surface area (Å²) in [6.07, 6.45) is 2.55. The van der Waals surface area contributed by atoms with Crippen LogP contribution in [-0.2, 0) is 17.9 Å². The fraction of sp³-hybridized carbons (Fsp3) is 0.364. The van der Waals surface area contributed by atoms with Crippen LogP contribution in [-0.4, -0.2) is 10.8 Å². The lowest BCUT2D eigenvalue weighted by Crippen LogP contribution is -2.31. The van der Waals surface area contributed by atoms with Gasteiger partial charge in [-0.1, -0.05) is 51.0 Å². The van der Waals surface area contributed by atoms with Gasteiger partial charge in [-0.25, -0.2) is 4.39 Å². The number of amides is 1. The van der Waals surface area contributed by atoms with Gasteiger partial charge in [0.05, 0.1) is 11.6 Å². The maximum absolute atomic E-state index is 13.5. The molecule has 0 aliphatic carbocycles. The fourth-order valence-electron chi connectivity index (χ4n) is 3.02. The summed E-state index contributed by atoms with van der Waals surface area (Å²) in [6, 6.07) is 15.7. The van der Waals surface area contributed by atoms with Gasteiger partial charge in [0.25, 0.3) is 0 Å². The highest BCUT2D eigenvalue weighted by Gasteiger charge is 2.17. The van der Waals surface area contributed by atoms with E-state index in [1.165, 1.54) is 12.1 Å². The van der Waals surface area contributed by atoms with Crippen LogP contribution in [0.5, 0.6) is 0 Å². The second kappa shape index (κ2) is 9.72. The third-order valence-corrected chi connectivity index (χ3v) is 4.38. The predicted molar refractivity (Wildman–Crippen MR) is 101 cm³/mol. The Bertz CT molecular complexity index is 764. The summed E-state index contributed by atoms with van der Waals surface area (Å²) in [4.78, 5) is 14.6. The first kappa shape index (κ1) is 19.7. The van der Waals surface area contributed by atoms with Gasteiger partial charge < -0.3 is 4.90 Å². The predicted octanol–water partition coefficient (Wildman–Crippen LogP) is 5.05. The Morgan fingerprint density at radius 1 is 1.15 bits per heavy atom. The monoisotopic (exact) mass is 352 g/mol. The first-order valence-electron chi connectivity index (χ1n) is 9.03. The number of carbonyl (C=O) groups excluding carboxylic acids is 1. The van der Waals surface area contributed by atoms with Gasteiger partial charge in [0.15, 0.2) is 0 Å². The molecule has 0 heterocycles. The van der Waals surface area contributed by atoms with E-state index in [0.29, 0.717) is 31.0 Å². The normalized spacial score (nSPS) is 11.6. The lowest BCUT2D eigenvalue weighted by molar-refractivity contribution is -0.133.